The molecule has 1 aromatic carbocycles. The summed E-state index contributed by atoms with van der Waals surface area (Å²) in [4.78, 5) is 0. The van der Waals surface area contributed by atoms with Crippen molar-refractivity contribution in [1.29, 1.82) is 0 Å². The minimum atomic E-state index is -0.732. The van der Waals surface area contributed by atoms with Gasteiger partial charge < -0.3 is 9.84 Å². The van der Waals surface area contributed by atoms with E-state index < -0.39 is 23.8 Å². The zero-order valence-corrected chi connectivity index (χ0v) is 9.18. The van der Waals surface area contributed by atoms with Crippen molar-refractivity contribution < 1.29 is 18.6 Å². The van der Waals surface area contributed by atoms with Crippen LogP contribution in [0.25, 0.3) is 0 Å². The van der Waals surface area contributed by atoms with Gasteiger partial charge in [0.25, 0.3) is 0 Å². The Hall–Kier alpha value is -0.710. The van der Waals surface area contributed by atoms with Crippen LogP contribution in [0.5, 0.6) is 0 Å². The Labute approximate surface area is 96.8 Å². The van der Waals surface area contributed by atoms with E-state index >= 15 is 0 Å². The molecule has 0 spiro atoms. The molecule has 0 saturated carbocycles. The third-order valence-corrected chi connectivity index (χ3v) is 2.93. The van der Waals surface area contributed by atoms with Crippen LogP contribution in [-0.4, -0.2) is 17.8 Å². The van der Waals surface area contributed by atoms with Crippen molar-refractivity contribution in [3.8, 4) is 0 Å². The Morgan fingerprint density at radius 3 is 2.75 bits per heavy atom. The fourth-order valence-corrected chi connectivity index (χ4v) is 2.16. The monoisotopic (exact) mass is 248 g/mol. The minimum absolute atomic E-state index is 0.00315. The van der Waals surface area contributed by atoms with Crippen molar-refractivity contribution >= 4 is 11.6 Å². The van der Waals surface area contributed by atoms with Gasteiger partial charge in [-0.05, 0) is 12.5 Å². The number of halogens is 3. The van der Waals surface area contributed by atoms with Gasteiger partial charge >= 0.3 is 0 Å². The lowest BCUT2D eigenvalue weighted by atomic mass is 9.99. The molecule has 1 heterocycles. The number of aliphatic hydroxyl groups is 1. The highest BCUT2D eigenvalue weighted by molar-refractivity contribution is 6.31. The van der Waals surface area contributed by atoms with Gasteiger partial charge in [0.1, 0.15) is 11.6 Å². The first-order valence-electron chi connectivity index (χ1n) is 5.02. The maximum Gasteiger partial charge on any atom is 0.133 e. The second-order valence-electron chi connectivity index (χ2n) is 3.82. The first-order valence-corrected chi connectivity index (χ1v) is 5.40. The van der Waals surface area contributed by atoms with Crippen molar-refractivity contribution in [2.75, 3.05) is 6.61 Å². The summed E-state index contributed by atoms with van der Waals surface area (Å²) in [6.07, 6.45) is -0.324. The molecule has 0 bridgehead atoms. The van der Waals surface area contributed by atoms with Gasteiger partial charge in [-0.25, -0.2) is 8.78 Å². The van der Waals surface area contributed by atoms with Crippen molar-refractivity contribution in [2.45, 2.75) is 25.0 Å². The summed E-state index contributed by atoms with van der Waals surface area (Å²) < 4.78 is 31.7. The molecule has 88 valence electrons. The first-order chi connectivity index (χ1) is 7.58. The standard InChI is InChI=1S/C11H11ClF2O2/c12-8-3-6(13)4-9(14)11(8)10-5-7(15)1-2-16-10/h3-4,7,10,15H,1-2,5H2. The number of benzene rings is 1. The van der Waals surface area contributed by atoms with Crippen molar-refractivity contribution in [2.24, 2.45) is 0 Å². The summed E-state index contributed by atoms with van der Waals surface area (Å²) in [5.41, 5.74) is 0.127. The SMILES string of the molecule is OC1CCOC(c2c(F)cc(F)cc2Cl)C1. The molecule has 0 aliphatic carbocycles. The number of hydrogen-bond acceptors (Lipinski definition) is 2. The Bertz CT molecular complexity index is 375. The zero-order valence-electron chi connectivity index (χ0n) is 8.42. The van der Waals surface area contributed by atoms with Gasteiger partial charge in [-0.1, -0.05) is 11.6 Å². The van der Waals surface area contributed by atoms with E-state index in [0.29, 0.717) is 13.0 Å². The Kier molecular flexibility index (Phi) is 3.42. The second-order valence-corrected chi connectivity index (χ2v) is 4.23. The smallest absolute Gasteiger partial charge is 0.133 e. The van der Waals surface area contributed by atoms with E-state index in [0.717, 1.165) is 12.1 Å². The fourth-order valence-electron chi connectivity index (χ4n) is 1.84. The van der Waals surface area contributed by atoms with Gasteiger partial charge in [-0.2, -0.15) is 0 Å². The molecular weight excluding hydrogens is 238 g/mol. The van der Waals surface area contributed by atoms with Gasteiger partial charge in [-0.3, -0.25) is 0 Å². The molecule has 2 unspecified atom stereocenters. The molecule has 1 saturated heterocycles. The van der Waals surface area contributed by atoms with Crippen molar-refractivity contribution in [1.82, 2.24) is 0 Å². The summed E-state index contributed by atoms with van der Waals surface area (Å²) in [7, 11) is 0. The second kappa shape index (κ2) is 4.65. The minimum Gasteiger partial charge on any atom is -0.393 e. The zero-order chi connectivity index (χ0) is 11.7. The first kappa shape index (κ1) is 11.8. The van der Waals surface area contributed by atoms with E-state index in [1.165, 1.54) is 0 Å². The highest BCUT2D eigenvalue weighted by Crippen LogP contribution is 2.34. The summed E-state index contributed by atoms with van der Waals surface area (Å²) in [5, 5.41) is 9.45. The van der Waals surface area contributed by atoms with Gasteiger partial charge in [0, 0.05) is 24.7 Å². The summed E-state index contributed by atoms with van der Waals surface area (Å²) in [6.45, 7) is 0.346. The molecule has 1 fully saturated rings. The molecule has 1 aliphatic heterocycles. The van der Waals surface area contributed by atoms with Crippen LogP contribution in [0.1, 0.15) is 24.5 Å². The highest BCUT2D eigenvalue weighted by Gasteiger charge is 2.27. The Morgan fingerprint density at radius 2 is 2.12 bits per heavy atom. The lowest BCUT2D eigenvalue weighted by Gasteiger charge is -2.27. The third kappa shape index (κ3) is 2.34. The fraction of sp³-hybridized carbons (Fsp3) is 0.455. The van der Waals surface area contributed by atoms with Crippen LogP contribution in [-0.2, 0) is 4.74 Å². The molecule has 5 heteroatoms. The number of ether oxygens (including phenoxy) is 1. The largest absolute Gasteiger partial charge is 0.393 e. The topological polar surface area (TPSA) is 29.5 Å². The molecular formula is C11H11ClF2O2. The van der Waals surface area contributed by atoms with Gasteiger partial charge in [0.2, 0.25) is 0 Å². The van der Waals surface area contributed by atoms with Crippen LogP contribution in [0.3, 0.4) is 0 Å². The molecule has 0 amide bonds. The van der Waals surface area contributed by atoms with E-state index in [-0.39, 0.29) is 17.0 Å². The average Bonchev–Trinajstić information content (AvgIpc) is 2.15. The third-order valence-electron chi connectivity index (χ3n) is 2.62. The van der Waals surface area contributed by atoms with Crippen LogP contribution in [0.2, 0.25) is 5.02 Å². The van der Waals surface area contributed by atoms with Crippen LogP contribution in [0.15, 0.2) is 12.1 Å². The number of rotatable bonds is 1. The molecule has 0 aromatic heterocycles. The average molecular weight is 249 g/mol. The van der Waals surface area contributed by atoms with Gasteiger partial charge in [-0.15, -0.1) is 0 Å². The summed E-state index contributed by atoms with van der Waals surface area (Å²) in [5.74, 6) is -1.45. The summed E-state index contributed by atoms with van der Waals surface area (Å²) >= 11 is 5.77. The van der Waals surface area contributed by atoms with Crippen LogP contribution in [0, 0.1) is 11.6 Å². The predicted octanol–water partition coefficient (Wildman–Crippen LogP) is 2.83. The van der Waals surface area contributed by atoms with E-state index in [2.05, 4.69) is 0 Å². The van der Waals surface area contributed by atoms with E-state index in [9.17, 15) is 13.9 Å². The van der Waals surface area contributed by atoms with Crippen LogP contribution in [0.4, 0.5) is 8.78 Å². The lowest BCUT2D eigenvalue weighted by molar-refractivity contribution is -0.0461. The van der Waals surface area contributed by atoms with Gasteiger partial charge in [0.15, 0.2) is 0 Å². The maximum atomic E-state index is 13.5. The van der Waals surface area contributed by atoms with Crippen LogP contribution < -0.4 is 0 Å². The van der Waals surface area contributed by atoms with E-state index in [4.69, 9.17) is 16.3 Å². The van der Waals surface area contributed by atoms with Crippen molar-refractivity contribution in [3.63, 3.8) is 0 Å². The number of aliphatic hydroxyl groups excluding tert-OH is 1. The highest BCUT2D eigenvalue weighted by atomic mass is 35.5. The number of hydrogen-bond donors (Lipinski definition) is 1. The van der Waals surface area contributed by atoms with E-state index in [1.54, 1.807) is 0 Å². The Morgan fingerprint density at radius 1 is 1.38 bits per heavy atom. The molecule has 2 rings (SSSR count). The molecule has 0 radical (unpaired) electrons. The molecule has 2 nitrogen and oxygen atoms in total. The van der Waals surface area contributed by atoms with E-state index in [1.807, 2.05) is 0 Å². The quantitative estimate of drug-likeness (QED) is 0.828. The molecule has 2 atom stereocenters. The Balaban J connectivity index is 2.32. The summed E-state index contributed by atoms with van der Waals surface area (Å²) in [6, 6.07) is 1.82. The van der Waals surface area contributed by atoms with Crippen molar-refractivity contribution in [3.05, 3.63) is 34.4 Å². The molecule has 1 aromatic rings. The lowest BCUT2D eigenvalue weighted by Crippen LogP contribution is -2.24. The molecule has 16 heavy (non-hydrogen) atoms. The van der Waals surface area contributed by atoms with Crippen LogP contribution >= 0.6 is 11.6 Å². The molecule has 1 N–H and O–H groups in total. The normalized spacial score (nSPS) is 25.8. The molecule has 1 aliphatic rings. The predicted molar refractivity (Wildman–Crippen MR) is 55.3 cm³/mol. The van der Waals surface area contributed by atoms with Gasteiger partial charge in [0.05, 0.1) is 17.2 Å². The maximum absolute atomic E-state index is 13.5.